The number of nitrogens with one attached hydrogen (secondary N) is 2. The summed E-state index contributed by atoms with van der Waals surface area (Å²) in [6.07, 6.45) is 1.27. The van der Waals surface area contributed by atoms with Gasteiger partial charge in [-0.05, 0) is 31.9 Å². The molecule has 18 heavy (non-hydrogen) atoms. The van der Waals surface area contributed by atoms with Crippen molar-refractivity contribution in [3.05, 3.63) is 21.9 Å². The maximum atomic E-state index is 11.6. The van der Waals surface area contributed by atoms with Crippen LogP contribution in [-0.4, -0.2) is 23.3 Å². The molecular formula is C13H22N2O2S. The van der Waals surface area contributed by atoms with E-state index in [9.17, 15) is 9.90 Å². The average molecular weight is 270 g/mol. The first-order valence-corrected chi connectivity index (χ1v) is 7.10. The third-order valence-electron chi connectivity index (χ3n) is 3.11. The van der Waals surface area contributed by atoms with E-state index in [1.54, 1.807) is 11.3 Å². The number of carbonyl (C=O) groups excluding carboxylic acids is 1. The van der Waals surface area contributed by atoms with Gasteiger partial charge in [0.2, 0.25) is 0 Å². The zero-order chi connectivity index (χ0) is 13.6. The van der Waals surface area contributed by atoms with Crippen molar-refractivity contribution in [3.8, 4) is 0 Å². The van der Waals surface area contributed by atoms with E-state index in [0.29, 0.717) is 19.4 Å². The standard InChI is InChI=1S/C13H22N2O2S/c1-4-13(17,5-2)9-15-12(16)14-8-11-7-6-10(3)18-11/h6-7,17H,4-5,8-9H2,1-3H3,(H2,14,15,16). The number of thiophene rings is 1. The Hall–Kier alpha value is -1.07. The van der Waals surface area contributed by atoms with Crippen molar-refractivity contribution >= 4 is 17.4 Å². The van der Waals surface area contributed by atoms with Crippen LogP contribution >= 0.6 is 11.3 Å². The molecule has 1 heterocycles. The van der Waals surface area contributed by atoms with Crippen LogP contribution in [0.2, 0.25) is 0 Å². The second kappa shape index (κ2) is 6.75. The first-order chi connectivity index (χ1) is 8.49. The quantitative estimate of drug-likeness (QED) is 0.743. The van der Waals surface area contributed by atoms with Gasteiger partial charge in [0.25, 0.3) is 0 Å². The van der Waals surface area contributed by atoms with Crippen LogP contribution in [0.1, 0.15) is 36.4 Å². The largest absolute Gasteiger partial charge is 0.388 e. The van der Waals surface area contributed by atoms with Crippen molar-refractivity contribution < 1.29 is 9.90 Å². The molecular weight excluding hydrogens is 248 g/mol. The van der Waals surface area contributed by atoms with E-state index in [1.165, 1.54) is 4.88 Å². The van der Waals surface area contributed by atoms with Gasteiger partial charge in [0.1, 0.15) is 0 Å². The van der Waals surface area contributed by atoms with Crippen molar-refractivity contribution in [2.24, 2.45) is 0 Å². The number of aliphatic hydroxyl groups is 1. The Bertz CT molecular complexity index is 386. The minimum Gasteiger partial charge on any atom is -0.388 e. The van der Waals surface area contributed by atoms with Gasteiger partial charge in [0, 0.05) is 16.3 Å². The smallest absolute Gasteiger partial charge is 0.315 e. The normalized spacial score (nSPS) is 11.3. The van der Waals surface area contributed by atoms with Gasteiger partial charge >= 0.3 is 6.03 Å². The lowest BCUT2D eigenvalue weighted by atomic mass is 9.98. The molecule has 0 atom stereocenters. The van der Waals surface area contributed by atoms with Crippen LogP contribution in [0.15, 0.2) is 12.1 Å². The second-order valence-electron chi connectivity index (χ2n) is 4.48. The second-order valence-corrected chi connectivity index (χ2v) is 5.85. The Morgan fingerprint density at radius 3 is 2.50 bits per heavy atom. The SMILES string of the molecule is CCC(O)(CC)CNC(=O)NCc1ccc(C)s1. The Labute approximate surface area is 112 Å². The van der Waals surface area contributed by atoms with E-state index < -0.39 is 5.60 Å². The molecule has 0 aliphatic rings. The first kappa shape index (κ1) is 15.0. The molecule has 0 saturated carbocycles. The predicted molar refractivity (Wildman–Crippen MR) is 74.8 cm³/mol. The number of hydrogen-bond donors (Lipinski definition) is 3. The van der Waals surface area contributed by atoms with E-state index in [4.69, 9.17) is 0 Å². The minimum atomic E-state index is -0.795. The van der Waals surface area contributed by atoms with E-state index in [2.05, 4.69) is 10.6 Å². The molecule has 3 N–H and O–H groups in total. The zero-order valence-electron chi connectivity index (χ0n) is 11.2. The molecule has 0 aliphatic carbocycles. The maximum absolute atomic E-state index is 11.6. The highest BCUT2D eigenvalue weighted by Gasteiger charge is 2.22. The van der Waals surface area contributed by atoms with Gasteiger partial charge in [-0.15, -0.1) is 11.3 Å². The number of urea groups is 1. The lowest BCUT2D eigenvalue weighted by Gasteiger charge is -2.25. The molecule has 0 bridgehead atoms. The summed E-state index contributed by atoms with van der Waals surface area (Å²) in [7, 11) is 0. The number of rotatable bonds is 6. The number of carbonyl (C=O) groups is 1. The average Bonchev–Trinajstić information content (AvgIpc) is 2.79. The Morgan fingerprint density at radius 1 is 1.33 bits per heavy atom. The monoisotopic (exact) mass is 270 g/mol. The third kappa shape index (κ3) is 4.66. The van der Waals surface area contributed by atoms with Crippen molar-refractivity contribution in [2.45, 2.75) is 45.8 Å². The van der Waals surface area contributed by atoms with Gasteiger partial charge in [-0.2, -0.15) is 0 Å². The van der Waals surface area contributed by atoms with Gasteiger partial charge in [0.15, 0.2) is 0 Å². The highest BCUT2D eigenvalue weighted by atomic mass is 32.1. The van der Waals surface area contributed by atoms with Gasteiger partial charge in [-0.25, -0.2) is 4.79 Å². The molecule has 0 aliphatic heterocycles. The summed E-state index contributed by atoms with van der Waals surface area (Å²) in [5.41, 5.74) is -0.795. The van der Waals surface area contributed by atoms with Crippen molar-refractivity contribution in [1.82, 2.24) is 10.6 Å². The fourth-order valence-corrected chi connectivity index (χ4v) is 2.38. The summed E-state index contributed by atoms with van der Waals surface area (Å²) >= 11 is 1.67. The van der Waals surface area contributed by atoms with Crippen LogP contribution in [0.5, 0.6) is 0 Å². The molecule has 4 nitrogen and oxygen atoms in total. The first-order valence-electron chi connectivity index (χ1n) is 6.28. The zero-order valence-corrected chi connectivity index (χ0v) is 12.1. The molecule has 0 unspecified atom stereocenters. The van der Waals surface area contributed by atoms with Gasteiger partial charge < -0.3 is 15.7 Å². The van der Waals surface area contributed by atoms with E-state index in [0.717, 1.165) is 4.88 Å². The lowest BCUT2D eigenvalue weighted by Crippen LogP contribution is -2.45. The Morgan fingerprint density at radius 2 is 2.00 bits per heavy atom. The molecule has 0 radical (unpaired) electrons. The molecule has 0 spiro atoms. The van der Waals surface area contributed by atoms with Gasteiger partial charge in [-0.3, -0.25) is 0 Å². The van der Waals surface area contributed by atoms with Crippen LogP contribution in [0.4, 0.5) is 4.79 Å². The predicted octanol–water partition coefficient (Wildman–Crippen LogP) is 2.41. The van der Waals surface area contributed by atoms with Crippen LogP contribution < -0.4 is 10.6 Å². The molecule has 0 saturated heterocycles. The van der Waals surface area contributed by atoms with Crippen molar-refractivity contribution in [1.29, 1.82) is 0 Å². The fraction of sp³-hybridized carbons (Fsp3) is 0.615. The fourth-order valence-electron chi connectivity index (χ4n) is 1.55. The molecule has 1 aromatic heterocycles. The molecule has 0 aromatic carbocycles. The van der Waals surface area contributed by atoms with Crippen molar-refractivity contribution in [3.63, 3.8) is 0 Å². The van der Waals surface area contributed by atoms with Crippen molar-refractivity contribution in [2.75, 3.05) is 6.54 Å². The molecule has 1 rings (SSSR count). The van der Waals surface area contributed by atoms with Crippen LogP contribution in [0, 0.1) is 6.92 Å². The summed E-state index contributed by atoms with van der Waals surface area (Å²) in [6, 6.07) is 3.81. The number of amides is 2. The number of aryl methyl sites for hydroxylation is 1. The minimum absolute atomic E-state index is 0.235. The summed E-state index contributed by atoms with van der Waals surface area (Å²) < 4.78 is 0. The summed E-state index contributed by atoms with van der Waals surface area (Å²) in [6.45, 7) is 6.68. The highest BCUT2D eigenvalue weighted by molar-refractivity contribution is 7.11. The number of hydrogen-bond acceptors (Lipinski definition) is 3. The van der Waals surface area contributed by atoms with Crippen LogP contribution in [0.3, 0.4) is 0 Å². The Kier molecular flexibility index (Phi) is 5.62. The third-order valence-corrected chi connectivity index (χ3v) is 4.11. The molecule has 102 valence electrons. The van der Waals surface area contributed by atoms with Gasteiger partial charge in [0.05, 0.1) is 12.1 Å². The summed E-state index contributed by atoms with van der Waals surface area (Å²) in [5.74, 6) is 0. The maximum Gasteiger partial charge on any atom is 0.315 e. The highest BCUT2D eigenvalue weighted by Crippen LogP contribution is 2.14. The van der Waals surface area contributed by atoms with E-state index in [-0.39, 0.29) is 12.6 Å². The van der Waals surface area contributed by atoms with Gasteiger partial charge in [-0.1, -0.05) is 13.8 Å². The summed E-state index contributed by atoms with van der Waals surface area (Å²) in [4.78, 5) is 13.9. The lowest BCUT2D eigenvalue weighted by molar-refractivity contribution is 0.0349. The Balaban J connectivity index is 2.30. The topological polar surface area (TPSA) is 61.4 Å². The molecule has 5 heteroatoms. The molecule has 0 fully saturated rings. The van der Waals surface area contributed by atoms with Crippen LogP contribution in [-0.2, 0) is 6.54 Å². The van der Waals surface area contributed by atoms with E-state index >= 15 is 0 Å². The van der Waals surface area contributed by atoms with E-state index in [1.807, 2.05) is 32.9 Å². The molecule has 1 aromatic rings. The van der Waals surface area contributed by atoms with Crippen LogP contribution in [0.25, 0.3) is 0 Å². The summed E-state index contributed by atoms with van der Waals surface area (Å²) in [5, 5.41) is 15.5. The molecule has 2 amide bonds.